The first-order valence-corrected chi connectivity index (χ1v) is 3.29. The van der Waals surface area contributed by atoms with E-state index in [9.17, 15) is 4.91 Å². The maximum absolute atomic E-state index is 9.88. The molecule has 0 bridgehead atoms. The van der Waals surface area contributed by atoms with Crippen molar-refractivity contribution in [3.63, 3.8) is 0 Å². The maximum atomic E-state index is 9.88. The molecular weight excluding hydrogens is 156 g/mol. The molecule has 0 fully saturated rings. The molecule has 0 aliphatic heterocycles. The largest absolute Gasteiger partial charge is 0.508 e. The molecule has 60 valence electrons. The Hall–Kier alpha value is -1.89. The second kappa shape index (κ2) is 3.49. The number of nitriles is 1. The van der Waals surface area contributed by atoms with E-state index in [0.29, 0.717) is 11.1 Å². The van der Waals surface area contributed by atoms with Crippen LogP contribution in [0.25, 0.3) is 0 Å². The summed E-state index contributed by atoms with van der Waals surface area (Å²) in [7, 11) is 0. The zero-order valence-electron chi connectivity index (χ0n) is 6.19. The average Bonchev–Trinajstić information content (AvgIpc) is 2.09. The monoisotopic (exact) mass is 162 g/mol. The van der Waals surface area contributed by atoms with Crippen LogP contribution in [0.5, 0.6) is 5.75 Å². The number of phenols is 1. The van der Waals surface area contributed by atoms with Crippen molar-refractivity contribution in [2.75, 3.05) is 0 Å². The van der Waals surface area contributed by atoms with Gasteiger partial charge in [0, 0.05) is 5.56 Å². The fourth-order valence-electron chi connectivity index (χ4n) is 0.851. The van der Waals surface area contributed by atoms with E-state index < -0.39 is 0 Å². The van der Waals surface area contributed by atoms with Crippen LogP contribution in [0, 0.1) is 16.2 Å². The van der Waals surface area contributed by atoms with Crippen molar-refractivity contribution in [1.82, 2.24) is 0 Å². The third kappa shape index (κ3) is 1.58. The molecule has 0 saturated carbocycles. The highest BCUT2D eigenvalue weighted by Gasteiger charge is 2.01. The number of nitroso groups, excluding NO2 is 1. The van der Waals surface area contributed by atoms with Crippen LogP contribution in [-0.4, -0.2) is 5.11 Å². The standard InChI is InChI=1S/C8H6N2O2/c9-4-6-1-2-8(11)7(3-6)5-10-12/h1-3,11H,5H2. The lowest BCUT2D eigenvalue weighted by Gasteiger charge is -1.98. The zero-order valence-corrected chi connectivity index (χ0v) is 6.19. The second-order valence-electron chi connectivity index (χ2n) is 2.24. The Morgan fingerprint density at radius 1 is 1.58 bits per heavy atom. The fourth-order valence-corrected chi connectivity index (χ4v) is 0.851. The van der Waals surface area contributed by atoms with Crippen LogP contribution >= 0.6 is 0 Å². The Morgan fingerprint density at radius 2 is 2.33 bits per heavy atom. The summed E-state index contributed by atoms with van der Waals surface area (Å²) >= 11 is 0. The number of rotatable bonds is 2. The first-order valence-electron chi connectivity index (χ1n) is 3.29. The molecule has 0 unspecified atom stereocenters. The maximum Gasteiger partial charge on any atom is 0.120 e. The van der Waals surface area contributed by atoms with Gasteiger partial charge in [-0.15, -0.1) is 0 Å². The fraction of sp³-hybridized carbons (Fsp3) is 0.125. The molecule has 0 radical (unpaired) electrons. The third-order valence-electron chi connectivity index (χ3n) is 1.44. The topological polar surface area (TPSA) is 73.4 Å². The van der Waals surface area contributed by atoms with Gasteiger partial charge in [0.2, 0.25) is 0 Å². The minimum atomic E-state index is -0.110. The van der Waals surface area contributed by atoms with Gasteiger partial charge in [0.15, 0.2) is 0 Å². The van der Waals surface area contributed by atoms with Gasteiger partial charge in [-0.25, -0.2) is 0 Å². The van der Waals surface area contributed by atoms with Crippen LogP contribution in [0.3, 0.4) is 0 Å². The molecule has 4 nitrogen and oxygen atoms in total. The van der Waals surface area contributed by atoms with Gasteiger partial charge in [-0.05, 0) is 18.2 Å². The van der Waals surface area contributed by atoms with Gasteiger partial charge in [0.05, 0.1) is 11.6 Å². The Kier molecular flexibility index (Phi) is 2.38. The van der Waals surface area contributed by atoms with E-state index in [1.54, 1.807) is 0 Å². The van der Waals surface area contributed by atoms with Gasteiger partial charge >= 0.3 is 0 Å². The van der Waals surface area contributed by atoms with E-state index in [1.807, 2.05) is 6.07 Å². The van der Waals surface area contributed by atoms with Crippen molar-refractivity contribution in [2.45, 2.75) is 6.54 Å². The number of hydrogen-bond acceptors (Lipinski definition) is 4. The number of hydrogen-bond donors (Lipinski definition) is 1. The molecule has 0 heterocycles. The van der Waals surface area contributed by atoms with E-state index in [2.05, 4.69) is 5.18 Å². The minimum Gasteiger partial charge on any atom is -0.508 e. The number of phenolic OH excluding ortho intramolecular Hbond substituents is 1. The van der Waals surface area contributed by atoms with E-state index in [0.717, 1.165) is 0 Å². The van der Waals surface area contributed by atoms with Gasteiger partial charge in [-0.2, -0.15) is 10.2 Å². The van der Waals surface area contributed by atoms with Gasteiger partial charge in [-0.1, -0.05) is 5.18 Å². The average molecular weight is 162 g/mol. The summed E-state index contributed by atoms with van der Waals surface area (Å²) < 4.78 is 0. The molecule has 0 aromatic heterocycles. The predicted octanol–water partition coefficient (Wildman–Crippen LogP) is 1.53. The van der Waals surface area contributed by atoms with Crippen LogP contribution < -0.4 is 0 Å². The summed E-state index contributed by atoms with van der Waals surface area (Å²) in [4.78, 5) is 9.88. The highest BCUT2D eigenvalue weighted by Crippen LogP contribution is 2.18. The Labute approximate surface area is 69.0 Å². The molecule has 1 aromatic rings. The van der Waals surface area contributed by atoms with Crippen molar-refractivity contribution in [3.8, 4) is 11.8 Å². The number of nitrogens with zero attached hydrogens (tertiary/aromatic N) is 2. The third-order valence-corrected chi connectivity index (χ3v) is 1.44. The second-order valence-corrected chi connectivity index (χ2v) is 2.24. The molecule has 0 saturated heterocycles. The van der Waals surface area contributed by atoms with E-state index in [-0.39, 0.29) is 12.3 Å². The molecule has 12 heavy (non-hydrogen) atoms. The molecule has 0 aliphatic rings. The SMILES string of the molecule is N#Cc1ccc(O)c(CN=O)c1. The molecule has 1 aromatic carbocycles. The lowest BCUT2D eigenvalue weighted by molar-refractivity contribution is 0.468. The highest BCUT2D eigenvalue weighted by molar-refractivity contribution is 5.41. The van der Waals surface area contributed by atoms with Gasteiger partial charge in [0.25, 0.3) is 0 Å². The van der Waals surface area contributed by atoms with Crippen molar-refractivity contribution >= 4 is 0 Å². The summed E-state index contributed by atoms with van der Waals surface area (Å²) in [6.45, 7) is -0.110. The number of aromatic hydroxyl groups is 1. The van der Waals surface area contributed by atoms with Gasteiger partial charge in [-0.3, -0.25) is 0 Å². The van der Waals surface area contributed by atoms with Crippen LogP contribution in [0.1, 0.15) is 11.1 Å². The summed E-state index contributed by atoms with van der Waals surface area (Å²) in [5.74, 6) is -0.00593. The predicted molar refractivity (Wildman–Crippen MR) is 42.3 cm³/mol. The Morgan fingerprint density at radius 3 is 2.92 bits per heavy atom. The van der Waals surface area contributed by atoms with Gasteiger partial charge < -0.3 is 5.11 Å². The molecule has 1 N–H and O–H groups in total. The first-order chi connectivity index (χ1) is 5.77. The lowest BCUT2D eigenvalue weighted by atomic mass is 10.1. The lowest BCUT2D eigenvalue weighted by Crippen LogP contribution is -1.83. The molecular formula is C8H6N2O2. The number of benzene rings is 1. The summed E-state index contributed by atoms with van der Waals surface area (Å²) in [6, 6.07) is 6.19. The smallest absolute Gasteiger partial charge is 0.120 e. The first kappa shape index (κ1) is 8.21. The van der Waals surface area contributed by atoms with Crippen LogP contribution in [0.4, 0.5) is 0 Å². The normalized spacial score (nSPS) is 8.92. The van der Waals surface area contributed by atoms with E-state index in [4.69, 9.17) is 10.4 Å². The molecule has 0 aliphatic carbocycles. The van der Waals surface area contributed by atoms with Gasteiger partial charge in [0.1, 0.15) is 12.3 Å². The van der Waals surface area contributed by atoms with Crippen molar-refractivity contribution in [2.24, 2.45) is 5.18 Å². The molecule has 0 amide bonds. The van der Waals surface area contributed by atoms with Crippen LogP contribution in [0.15, 0.2) is 23.4 Å². The van der Waals surface area contributed by atoms with E-state index in [1.165, 1.54) is 18.2 Å². The van der Waals surface area contributed by atoms with Crippen LogP contribution in [-0.2, 0) is 6.54 Å². The van der Waals surface area contributed by atoms with Crippen molar-refractivity contribution in [3.05, 3.63) is 34.2 Å². The highest BCUT2D eigenvalue weighted by atomic mass is 16.3. The molecule has 4 heteroatoms. The Bertz CT molecular complexity index is 341. The van der Waals surface area contributed by atoms with E-state index >= 15 is 0 Å². The summed E-state index contributed by atoms with van der Waals surface area (Å²) in [5, 5.41) is 20.3. The van der Waals surface area contributed by atoms with Crippen molar-refractivity contribution in [1.29, 1.82) is 5.26 Å². The molecule has 0 atom stereocenters. The molecule has 1 rings (SSSR count). The molecule has 0 spiro atoms. The zero-order chi connectivity index (χ0) is 8.97. The quantitative estimate of drug-likeness (QED) is 0.670. The summed E-state index contributed by atoms with van der Waals surface area (Å²) in [5.41, 5.74) is 0.788. The van der Waals surface area contributed by atoms with Crippen molar-refractivity contribution < 1.29 is 5.11 Å². The Balaban J connectivity index is 3.09. The minimum absolute atomic E-state index is 0.00593. The summed E-state index contributed by atoms with van der Waals surface area (Å²) in [6.07, 6.45) is 0. The van der Waals surface area contributed by atoms with Crippen LogP contribution in [0.2, 0.25) is 0 Å².